The van der Waals surface area contributed by atoms with Crippen LogP contribution in [0.1, 0.15) is 15.9 Å². The maximum Gasteiger partial charge on any atom is 0.251 e. The molecule has 0 heterocycles. The molecule has 0 radical (unpaired) electrons. The summed E-state index contributed by atoms with van der Waals surface area (Å²) in [7, 11) is 0. The van der Waals surface area contributed by atoms with Crippen LogP contribution < -0.4 is 11.1 Å². The van der Waals surface area contributed by atoms with Crippen LogP contribution in [0, 0.1) is 5.82 Å². The van der Waals surface area contributed by atoms with Crippen molar-refractivity contribution in [2.45, 2.75) is 6.42 Å². The Morgan fingerprint density at radius 3 is 2.55 bits per heavy atom. The van der Waals surface area contributed by atoms with E-state index in [0.717, 1.165) is 11.6 Å². The maximum atomic E-state index is 13.2. The second kappa shape index (κ2) is 6.39. The topological polar surface area (TPSA) is 55.1 Å². The van der Waals surface area contributed by atoms with E-state index in [1.54, 1.807) is 12.1 Å². The van der Waals surface area contributed by atoms with Crippen molar-refractivity contribution in [3.05, 3.63) is 64.4 Å². The van der Waals surface area contributed by atoms with Gasteiger partial charge in [0.15, 0.2) is 0 Å². The lowest BCUT2D eigenvalue weighted by Crippen LogP contribution is -2.25. The zero-order valence-electron chi connectivity index (χ0n) is 10.7. The molecule has 0 aliphatic carbocycles. The lowest BCUT2D eigenvalue weighted by Gasteiger charge is -2.06. The number of nitrogens with two attached hydrogens (primary N) is 1. The molecule has 104 valence electrons. The quantitative estimate of drug-likeness (QED) is 0.851. The van der Waals surface area contributed by atoms with E-state index < -0.39 is 5.82 Å². The van der Waals surface area contributed by atoms with E-state index in [0.29, 0.717) is 18.0 Å². The lowest BCUT2D eigenvalue weighted by atomic mass is 10.1. The molecule has 1 amide bonds. The number of anilines is 1. The Morgan fingerprint density at radius 2 is 1.90 bits per heavy atom. The van der Waals surface area contributed by atoms with Crippen LogP contribution in [0.5, 0.6) is 0 Å². The van der Waals surface area contributed by atoms with Crippen molar-refractivity contribution in [1.82, 2.24) is 5.32 Å². The molecule has 0 spiro atoms. The zero-order valence-corrected chi connectivity index (χ0v) is 11.5. The Labute approximate surface area is 121 Å². The van der Waals surface area contributed by atoms with Crippen LogP contribution in [0.15, 0.2) is 42.5 Å². The molecule has 0 aliphatic rings. The predicted octanol–water partition coefficient (Wildman–Crippen LogP) is 3.03. The van der Waals surface area contributed by atoms with Gasteiger partial charge in [0.25, 0.3) is 5.91 Å². The van der Waals surface area contributed by atoms with Crippen LogP contribution in [0.4, 0.5) is 10.1 Å². The van der Waals surface area contributed by atoms with Gasteiger partial charge in [0, 0.05) is 17.1 Å². The van der Waals surface area contributed by atoms with E-state index in [9.17, 15) is 9.18 Å². The highest BCUT2D eigenvalue weighted by molar-refractivity contribution is 6.30. The molecule has 3 N–H and O–H groups in total. The van der Waals surface area contributed by atoms with Crippen LogP contribution in [0.25, 0.3) is 0 Å². The first kappa shape index (κ1) is 14.3. The van der Waals surface area contributed by atoms with Gasteiger partial charge in [0.05, 0.1) is 5.69 Å². The molecule has 0 unspecified atom stereocenters. The van der Waals surface area contributed by atoms with Crippen molar-refractivity contribution in [3.63, 3.8) is 0 Å². The van der Waals surface area contributed by atoms with Gasteiger partial charge in [-0.25, -0.2) is 4.39 Å². The van der Waals surface area contributed by atoms with Gasteiger partial charge in [0.2, 0.25) is 0 Å². The first-order valence-electron chi connectivity index (χ1n) is 6.14. The number of carbonyl (C=O) groups excluding carboxylic acids is 1. The average Bonchev–Trinajstić information content (AvgIpc) is 2.44. The highest BCUT2D eigenvalue weighted by Gasteiger charge is 2.07. The van der Waals surface area contributed by atoms with E-state index in [1.807, 2.05) is 12.1 Å². The average molecular weight is 293 g/mol. The van der Waals surface area contributed by atoms with Gasteiger partial charge in [-0.15, -0.1) is 0 Å². The largest absolute Gasteiger partial charge is 0.396 e. The van der Waals surface area contributed by atoms with E-state index >= 15 is 0 Å². The minimum absolute atomic E-state index is 0.0303. The summed E-state index contributed by atoms with van der Waals surface area (Å²) in [4.78, 5) is 11.8. The number of carbonyl (C=O) groups is 1. The van der Waals surface area contributed by atoms with Crippen molar-refractivity contribution >= 4 is 23.2 Å². The smallest absolute Gasteiger partial charge is 0.251 e. The third kappa shape index (κ3) is 3.71. The van der Waals surface area contributed by atoms with Gasteiger partial charge in [0.1, 0.15) is 5.82 Å². The van der Waals surface area contributed by atoms with Gasteiger partial charge in [-0.1, -0.05) is 23.7 Å². The number of halogens is 2. The molecular weight excluding hydrogens is 279 g/mol. The second-order valence-corrected chi connectivity index (χ2v) is 4.81. The van der Waals surface area contributed by atoms with Gasteiger partial charge < -0.3 is 11.1 Å². The maximum absolute atomic E-state index is 13.2. The summed E-state index contributed by atoms with van der Waals surface area (Å²) in [6.07, 6.45) is 0.681. The number of benzene rings is 2. The molecule has 0 bridgehead atoms. The lowest BCUT2D eigenvalue weighted by molar-refractivity contribution is 0.0953. The number of amides is 1. The van der Waals surface area contributed by atoms with E-state index in [4.69, 9.17) is 17.3 Å². The van der Waals surface area contributed by atoms with E-state index in [1.165, 1.54) is 12.1 Å². The molecule has 2 aromatic rings. The van der Waals surface area contributed by atoms with Gasteiger partial charge in [-0.3, -0.25) is 4.79 Å². The standard InChI is InChI=1S/C15H14ClFN2O/c16-12-4-1-10(2-5-12)7-8-19-15(20)11-3-6-14(18)13(17)9-11/h1-6,9H,7-8,18H2,(H,19,20). The number of hydrogen-bond donors (Lipinski definition) is 2. The van der Waals surface area contributed by atoms with Crippen molar-refractivity contribution in [3.8, 4) is 0 Å². The van der Waals surface area contributed by atoms with Crippen molar-refractivity contribution < 1.29 is 9.18 Å². The molecule has 0 aromatic heterocycles. The highest BCUT2D eigenvalue weighted by atomic mass is 35.5. The third-order valence-corrected chi connectivity index (χ3v) is 3.13. The van der Waals surface area contributed by atoms with Crippen LogP contribution in [-0.4, -0.2) is 12.5 Å². The third-order valence-electron chi connectivity index (χ3n) is 2.88. The summed E-state index contributed by atoms with van der Waals surface area (Å²) in [6, 6.07) is 11.4. The SMILES string of the molecule is Nc1ccc(C(=O)NCCc2ccc(Cl)cc2)cc1F. The Balaban J connectivity index is 1.88. The summed E-state index contributed by atoms with van der Waals surface area (Å²) in [5.74, 6) is -0.909. The molecule has 0 atom stereocenters. The molecule has 0 aliphatic heterocycles. The van der Waals surface area contributed by atoms with Crippen LogP contribution in [0.3, 0.4) is 0 Å². The Kier molecular flexibility index (Phi) is 4.58. The van der Waals surface area contributed by atoms with Gasteiger partial charge in [-0.05, 0) is 42.3 Å². The first-order valence-corrected chi connectivity index (χ1v) is 6.52. The Morgan fingerprint density at radius 1 is 1.20 bits per heavy atom. The van der Waals surface area contributed by atoms with Crippen LogP contribution >= 0.6 is 11.6 Å². The summed E-state index contributed by atoms with van der Waals surface area (Å²) in [6.45, 7) is 0.465. The summed E-state index contributed by atoms with van der Waals surface area (Å²) >= 11 is 5.79. The van der Waals surface area contributed by atoms with Crippen molar-refractivity contribution in [2.24, 2.45) is 0 Å². The van der Waals surface area contributed by atoms with Crippen LogP contribution in [-0.2, 0) is 6.42 Å². The normalized spacial score (nSPS) is 10.3. The molecule has 0 saturated heterocycles. The number of rotatable bonds is 4. The fourth-order valence-corrected chi connectivity index (χ4v) is 1.87. The zero-order chi connectivity index (χ0) is 14.5. The molecule has 2 rings (SSSR count). The molecule has 2 aromatic carbocycles. The highest BCUT2D eigenvalue weighted by Crippen LogP contribution is 2.12. The minimum Gasteiger partial charge on any atom is -0.396 e. The first-order chi connectivity index (χ1) is 9.56. The van der Waals surface area contributed by atoms with Gasteiger partial charge in [-0.2, -0.15) is 0 Å². The number of hydrogen-bond acceptors (Lipinski definition) is 2. The number of nitrogen functional groups attached to an aromatic ring is 1. The van der Waals surface area contributed by atoms with Crippen LogP contribution in [0.2, 0.25) is 5.02 Å². The van der Waals surface area contributed by atoms with E-state index in [-0.39, 0.29) is 17.2 Å². The van der Waals surface area contributed by atoms with Gasteiger partial charge >= 0.3 is 0 Å². The fourth-order valence-electron chi connectivity index (χ4n) is 1.74. The Hall–Kier alpha value is -2.07. The predicted molar refractivity (Wildman–Crippen MR) is 78.3 cm³/mol. The van der Waals surface area contributed by atoms with Crippen molar-refractivity contribution in [2.75, 3.05) is 12.3 Å². The molecule has 0 fully saturated rings. The number of nitrogens with one attached hydrogen (secondary N) is 1. The Bertz CT molecular complexity index is 614. The minimum atomic E-state index is -0.588. The second-order valence-electron chi connectivity index (χ2n) is 4.37. The fraction of sp³-hybridized carbons (Fsp3) is 0.133. The molecule has 3 nitrogen and oxygen atoms in total. The molecule has 5 heteroatoms. The summed E-state index contributed by atoms with van der Waals surface area (Å²) < 4.78 is 13.2. The van der Waals surface area contributed by atoms with E-state index in [2.05, 4.69) is 5.32 Å². The summed E-state index contributed by atoms with van der Waals surface area (Å²) in [5.41, 5.74) is 6.71. The molecular formula is C15H14ClFN2O. The van der Waals surface area contributed by atoms with Crippen molar-refractivity contribution in [1.29, 1.82) is 0 Å². The molecule has 0 saturated carbocycles. The molecule has 20 heavy (non-hydrogen) atoms. The monoisotopic (exact) mass is 292 g/mol. The summed E-state index contributed by atoms with van der Waals surface area (Å²) in [5, 5.41) is 3.41.